The molecule has 2 aromatic heterocycles. The lowest BCUT2D eigenvalue weighted by atomic mass is 9.98. The van der Waals surface area contributed by atoms with Gasteiger partial charge in [0.25, 0.3) is 0 Å². The number of carbonyl (C=O) groups is 1. The minimum Gasteiger partial charge on any atom is -0.342 e. The summed E-state index contributed by atoms with van der Waals surface area (Å²) >= 11 is 0. The van der Waals surface area contributed by atoms with Gasteiger partial charge in [0.15, 0.2) is 0 Å². The van der Waals surface area contributed by atoms with Gasteiger partial charge >= 0.3 is 6.18 Å². The molecule has 3 heterocycles. The average molecular weight is 444 g/mol. The number of alkyl halides is 3. The highest BCUT2D eigenvalue weighted by Crippen LogP contribution is 2.30. The Morgan fingerprint density at radius 2 is 1.88 bits per heavy atom. The number of hydrogen-bond donors (Lipinski definition) is 0. The highest BCUT2D eigenvalue weighted by Gasteiger charge is 2.30. The Balaban J connectivity index is 1.43. The predicted octanol–water partition coefficient (Wildman–Crippen LogP) is 4.25. The molecule has 1 amide bonds. The predicted molar refractivity (Wildman–Crippen MR) is 110 cm³/mol. The van der Waals surface area contributed by atoms with Crippen LogP contribution >= 0.6 is 0 Å². The van der Waals surface area contributed by atoms with Crippen LogP contribution in [-0.4, -0.2) is 39.2 Å². The summed E-state index contributed by atoms with van der Waals surface area (Å²) < 4.78 is 43.0. The number of hydrogen-bond acceptors (Lipinski definition) is 5. The fourth-order valence-corrected chi connectivity index (χ4v) is 4.02. The Bertz CT molecular complexity index is 1110. The summed E-state index contributed by atoms with van der Waals surface area (Å²) in [4.78, 5) is 19.1. The van der Waals surface area contributed by atoms with E-state index in [0.717, 1.165) is 41.1 Å². The second-order valence-electron chi connectivity index (χ2n) is 8.21. The van der Waals surface area contributed by atoms with Crippen LogP contribution in [0.1, 0.15) is 51.8 Å². The van der Waals surface area contributed by atoms with Crippen molar-refractivity contribution in [3.05, 3.63) is 75.9 Å². The molecule has 1 fully saturated rings. The van der Waals surface area contributed by atoms with Crippen LogP contribution in [0.2, 0.25) is 0 Å². The molecule has 0 aliphatic carbocycles. The van der Waals surface area contributed by atoms with Crippen molar-refractivity contribution in [1.82, 2.24) is 20.2 Å². The second-order valence-corrected chi connectivity index (χ2v) is 8.21. The smallest absolute Gasteiger partial charge is 0.342 e. The molecule has 4 rings (SSSR count). The van der Waals surface area contributed by atoms with Gasteiger partial charge < -0.3 is 4.90 Å². The first-order valence-corrected chi connectivity index (χ1v) is 10.4. The third kappa shape index (κ3) is 4.98. The van der Waals surface area contributed by atoms with Gasteiger partial charge in [-0.2, -0.15) is 13.2 Å². The monoisotopic (exact) mass is 444 g/mol. The number of likely N-dealkylation sites (tertiary alicyclic amines) is 1. The zero-order valence-corrected chi connectivity index (χ0v) is 17.8. The standard InChI is InChI=1S/C23H23F3N4O2/c1-14-9-17(10-16-3-5-19(6-4-16)23(24,25)26)11-21(27-14)18-7-8-30(13-18)22(31)12-20-15(2)28-32-29-20/h3-6,9,11,18H,7-8,10,12-13H2,1-2H3/t18-/m0/s1. The van der Waals surface area contributed by atoms with Gasteiger partial charge in [0, 0.05) is 30.4 Å². The van der Waals surface area contributed by atoms with E-state index in [0.29, 0.717) is 30.9 Å². The summed E-state index contributed by atoms with van der Waals surface area (Å²) in [6, 6.07) is 9.17. The van der Waals surface area contributed by atoms with Gasteiger partial charge in [0.1, 0.15) is 11.4 Å². The average Bonchev–Trinajstić information content (AvgIpc) is 3.37. The molecule has 1 saturated heterocycles. The minimum absolute atomic E-state index is 0.0241. The summed E-state index contributed by atoms with van der Waals surface area (Å²) in [5, 5.41) is 7.48. The summed E-state index contributed by atoms with van der Waals surface area (Å²) in [5.74, 6) is 0.0886. The number of aromatic nitrogens is 3. The molecular formula is C23H23F3N4O2. The maximum absolute atomic E-state index is 12.8. The molecule has 0 radical (unpaired) electrons. The number of carbonyl (C=O) groups excluding carboxylic acids is 1. The molecule has 0 saturated carbocycles. The third-order valence-electron chi connectivity index (χ3n) is 5.75. The molecule has 0 N–H and O–H groups in total. The van der Waals surface area contributed by atoms with Crippen LogP contribution < -0.4 is 0 Å². The van der Waals surface area contributed by atoms with E-state index in [4.69, 9.17) is 0 Å². The van der Waals surface area contributed by atoms with Crippen LogP contribution in [0.4, 0.5) is 13.2 Å². The summed E-state index contributed by atoms with van der Waals surface area (Å²) in [6.07, 6.45) is -2.86. The van der Waals surface area contributed by atoms with Crippen molar-refractivity contribution in [3.63, 3.8) is 0 Å². The zero-order valence-electron chi connectivity index (χ0n) is 17.8. The van der Waals surface area contributed by atoms with Crippen molar-refractivity contribution < 1.29 is 22.6 Å². The summed E-state index contributed by atoms with van der Waals surface area (Å²) in [6.45, 7) is 4.86. The fraction of sp³-hybridized carbons (Fsp3) is 0.391. The van der Waals surface area contributed by atoms with Crippen LogP contribution in [0.3, 0.4) is 0 Å². The van der Waals surface area contributed by atoms with Crippen LogP contribution in [0.5, 0.6) is 0 Å². The number of rotatable bonds is 5. The molecule has 0 spiro atoms. The molecule has 32 heavy (non-hydrogen) atoms. The van der Waals surface area contributed by atoms with Crippen molar-refractivity contribution in [2.45, 2.75) is 45.2 Å². The van der Waals surface area contributed by atoms with Crippen LogP contribution in [0, 0.1) is 13.8 Å². The molecular weight excluding hydrogens is 421 g/mol. The van der Waals surface area contributed by atoms with Crippen LogP contribution in [0.25, 0.3) is 0 Å². The Hall–Kier alpha value is -3.23. The lowest BCUT2D eigenvalue weighted by Gasteiger charge is -2.16. The molecule has 6 nitrogen and oxygen atoms in total. The second kappa shape index (κ2) is 8.72. The third-order valence-corrected chi connectivity index (χ3v) is 5.75. The van der Waals surface area contributed by atoms with Gasteiger partial charge in [0.2, 0.25) is 5.91 Å². The highest BCUT2D eigenvalue weighted by molar-refractivity contribution is 5.78. The Morgan fingerprint density at radius 1 is 1.12 bits per heavy atom. The van der Waals surface area contributed by atoms with E-state index in [-0.39, 0.29) is 18.2 Å². The van der Waals surface area contributed by atoms with Crippen molar-refractivity contribution in [2.24, 2.45) is 0 Å². The minimum atomic E-state index is -4.34. The maximum Gasteiger partial charge on any atom is 0.416 e. The van der Waals surface area contributed by atoms with Crippen LogP contribution in [0.15, 0.2) is 41.0 Å². The summed E-state index contributed by atoms with van der Waals surface area (Å²) in [5.41, 5.74) is 4.05. The van der Waals surface area contributed by atoms with Gasteiger partial charge in [-0.15, -0.1) is 0 Å². The van der Waals surface area contributed by atoms with Gasteiger partial charge in [-0.05, 0) is 62.1 Å². The molecule has 3 aromatic rings. The lowest BCUT2D eigenvalue weighted by Crippen LogP contribution is -2.30. The fourth-order valence-electron chi connectivity index (χ4n) is 4.02. The molecule has 9 heteroatoms. The Morgan fingerprint density at radius 3 is 2.53 bits per heavy atom. The van der Waals surface area contributed by atoms with Crippen molar-refractivity contribution in [3.8, 4) is 0 Å². The zero-order chi connectivity index (χ0) is 22.9. The van der Waals surface area contributed by atoms with Crippen molar-refractivity contribution in [2.75, 3.05) is 13.1 Å². The highest BCUT2D eigenvalue weighted by atomic mass is 19.4. The summed E-state index contributed by atoms with van der Waals surface area (Å²) in [7, 11) is 0. The van der Waals surface area contributed by atoms with E-state index in [1.807, 2.05) is 19.1 Å². The topological polar surface area (TPSA) is 72.1 Å². The molecule has 0 bridgehead atoms. The van der Waals surface area contributed by atoms with Crippen molar-refractivity contribution in [1.29, 1.82) is 0 Å². The molecule has 1 aliphatic heterocycles. The first-order valence-electron chi connectivity index (χ1n) is 10.4. The largest absolute Gasteiger partial charge is 0.416 e. The first-order chi connectivity index (χ1) is 15.2. The van der Waals surface area contributed by atoms with Gasteiger partial charge in [0.05, 0.1) is 12.0 Å². The van der Waals surface area contributed by atoms with Gasteiger partial charge in [-0.3, -0.25) is 9.78 Å². The van der Waals surface area contributed by atoms with Gasteiger partial charge in [-0.1, -0.05) is 22.4 Å². The number of pyridine rings is 1. The Labute approximate surface area is 183 Å². The number of benzene rings is 1. The van der Waals surface area contributed by atoms with E-state index in [2.05, 4.69) is 19.9 Å². The molecule has 1 aromatic carbocycles. The lowest BCUT2D eigenvalue weighted by molar-refractivity contribution is -0.137. The quantitative estimate of drug-likeness (QED) is 0.588. The van der Waals surface area contributed by atoms with E-state index in [1.165, 1.54) is 12.1 Å². The van der Waals surface area contributed by atoms with E-state index in [9.17, 15) is 18.0 Å². The number of halogens is 3. The molecule has 0 unspecified atom stereocenters. The van der Waals surface area contributed by atoms with Crippen LogP contribution in [-0.2, 0) is 23.8 Å². The Kier molecular flexibility index (Phi) is 5.99. The first kappa shape index (κ1) is 22.0. The normalized spacial score (nSPS) is 16.5. The van der Waals surface area contributed by atoms with E-state index in [1.54, 1.807) is 11.8 Å². The van der Waals surface area contributed by atoms with E-state index >= 15 is 0 Å². The van der Waals surface area contributed by atoms with Crippen molar-refractivity contribution >= 4 is 5.91 Å². The molecule has 168 valence electrons. The SMILES string of the molecule is Cc1cc(Cc2ccc(C(F)(F)F)cc2)cc([C@H]2CCN(C(=O)Cc3nonc3C)C2)n1. The van der Waals surface area contributed by atoms with E-state index < -0.39 is 11.7 Å². The number of nitrogens with zero attached hydrogens (tertiary/aromatic N) is 4. The van der Waals surface area contributed by atoms with Gasteiger partial charge in [-0.25, -0.2) is 4.63 Å². The molecule has 1 atom stereocenters. The number of amides is 1. The molecule has 1 aliphatic rings. The maximum atomic E-state index is 12.8. The number of aryl methyl sites for hydroxylation is 2.